The van der Waals surface area contributed by atoms with Crippen LogP contribution in [0.5, 0.6) is 0 Å². The molecule has 0 radical (unpaired) electrons. The van der Waals surface area contributed by atoms with Crippen LogP contribution in [0.3, 0.4) is 0 Å². The van der Waals surface area contributed by atoms with Gasteiger partial charge in [0, 0.05) is 23.9 Å². The molecule has 0 saturated heterocycles. The zero-order valence-corrected chi connectivity index (χ0v) is 15.3. The van der Waals surface area contributed by atoms with E-state index in [0.717, 1.165) is 0 Å². The van der Waals surface area contributed by atoms with Crippen LogP contribution >= 0.6 is 11.8 Å². The number of hydrogen-bond acceptors (Lipinski definition) is 6. The molecule has 8 heteroatoms. The van der Waals surface area contributed by atoms with Crippen molar-refractivity contribution in [1.82, 2.24) is 14.5 Å². The lowest BCUT2D eigenvalue weighted by atomic mass is 10.2. The van der Waals surface area contributed by atoms with Gasteiger partial charge in [0.2, 0.25) is 15.9 Å². The van der Waals surface area contributed by atoms with Gasteiger partial charge in [-0.25, -0.2) is 8.42 Å². The van der Waals surface area contributed by atoms with Crippen molar-refractivity contribution in [3.8, 4) is 11.5 Å². The summed E-state index contributed by atoms with van der Waals surface area (Å²) in [5, 5.41) is 8.84. The van der Waals surface area contributed by atoms with Crippen molar-refractivity contribution in [1.29, 1.82) is 0 Å². The summed E-state index contributed by atoms with van der Waals surface area (Å²) in [7, 11) is -3.45. The number of rotatable bonds is 7. The number of thioether (sulfide) groups is 1. The van der Waals surface area contributed by atoms with Gasteiger partial charge in [-0.1, -0.05) is 39.5 Å². The van der Waals surface area contributed by atoms with Gasteiger partial charge in [0.15, 0.2) is 0 Å². The molecule has 1 aromatic heterocycles. The normalized spacial score (nSPS) is 12.3. The number of aromatic nitrogens is 2. The van der Waals surface area contributed by atoms with Gasteiger partial charge in [0.05, 0.1) is 4.90 Å². The molecular formula is C15H21N3O3S2. The molecule has 0 aliphatic carbocycles. The highest BCUT2D eigenvalue weighted by molar-refractivity contribution is 7.99. The van der Waals surface area contributed by atoms with Crippen molar-refractivity contribution in [2.45, 2.75) is 43.1 Å². The molecular weight excluding hydrogens is 334 g/mol. The minimum Gasteiger partial charge on any atom is -0.411 e. The molecule has 23 heavy (non-hydrogen) atoms. The van der Waals surface area contributed by atoms with Gasteiger partial charge in [0.25, 0.3) is 5.22 Å². The van der Waals surface area contributed by atoms with Gasteiger partial charge in [0.1, 0.15) is 0 Å². The van der Waals surface area contributed by atoms with Gasteiger partial charge in [-0.15, -0.1) is 10.2 Å². The fourth-order valence-electron chi connectivity index (χ4n) is 2.06. The molecule has 1 aromatic carbocycles. The first-order valence-electron chi connectivity index (χ1n) is 7.49. The van der Waals surface area contributed by atoms with Gasteiger partial charge in [-0.2, -0.15) is 4.31 Å². The first-order valence-corrected chi connectivity index (χ1v) is 9.81. The lowest BCUT2D eigenvalue weighted by molar-refractivity contribution is 0.445. The predicted molar refractivity (Wildman–Crippen MR) is 90.8 cm³/mol. The second kappa shape index (κ2) is 7.46. The van der Waals surface area contributed by atoms with Crippen LogP contribution in [0.4, 0.5) is 0 Å². The summed E-state index contributed by atoms with van der Waals surface area (Å²) in [6, 6.07) is 6.52. The van der Waals surface area contributed by atoms with E-state index in [4.69, 9.17) is 4.42 Å². The molecule has 0 unspecified atom stereocenters. The Hall–Kier alpha value is -1.38. The Morgan fingerprint density at radius 3 is 2.26 bits per heavy atom. The average Bonchev–Trinajstić information content (AvgIpc) is 2.96. The largest absolute Gasteiger partial charge is 0.411 e. The SMILES string of the molecule is CCN(CC)S(=O)(=O)c1ccc(-c2nnc(SC(C)C)o2)cc1. The van der Waals surface area contributed by atoms with E-state index in [1.54, 1.807) is 24.3 Å². The topological polar surface area (TPSA) is 76.3 Å². The van der Waals surface area contributed by atoms with Crippen molar-refractivity contribution >= 4 is 21.8 Å². The van der Waals surface area contributed by atoms with Crippen LogP contribution in [-0.4, -0.2) is 41.3 Å². The quantitative estimate of drug-likeness (QED) is 0.710. The van der Waals surface area contributed by atoms with Crippen LogP contribution in [0.1, 0.15) is 27.7 Å². The Kier molecular flexibility index (Phi) is 5.83. The lowest BCUT2D eigenvalue weighted by Gasteiger charge is -2.18. The smallest absolute Gasteiger partial charge is 0.277 e. The predicted octanol–water partition coefficient (Wildman–Crippen LogP) is 3.27. The summed E-state index contributed by atoms with van der Waals surface area (Å²) in [6.45, 7) is 8.62. The third kappa shape index (κ3) is 4.13. The van der Waals surface area contributed by atoms with Crippen molar-refractivity contribution in [2.24, 2.45) is 0 Å². The highest BCUT2D eigenvalue weighted by Gasteiger charge is 2.21. The van der Waals surface area contributed by atoms with E-state index in [1.807, 2.05) is 27.7 Å². The van der Waals surface area contributed by atoms with Crippen LogP contribution < -0.4 is 0 Å². The van der Waals surface area contributed by atoms with Crippen molar-refractivity contribution in [2.75, 3.05) is 13.1 Å². The van der Waals surface area contributed by atoms with Crippen LogP contribution in [-0.2, 0) is 10.0 Å². The fourth-order valence-corrected chi connectivity index (χ4v) is 4.13. The Morgan fingerprint density at radius 1 is 1.13 bits per heavy atom. The molecule has 0 bridgehead atoms. The maximum atomic E-state index is 12.4. The maximum Gasteiger partial charge on any atom is 0.277 e. The Labute approximate surface area is 141 Å². The molecule has 1 heterocycles. The summed E-state index contributed by atoms with van der Waals surface area (Å²) >= 11 is 1.49. The third-order valence-corrected chi connectivity index (χ3v) is 6.09. The van der Waals surface area contributed by atoms with Crippen LogP contribution in [0.25, 0.3) is 11.5 Å². The highest BCUT2D eigenvalue weighted by Crippen LogP contribution is 2.26. The van der Waals surface area contributed by atoms with E-state index in [2.05, 4.69) is 10.2 Å². The summed E-state index contributed by atoms with van der Waals surface area (Å²) < 4.78 is 31.9. The summed E-state index contributed by atoms with van der Waals surface area (Å²) in [5.74, 6) is 0.389. The molecule has 6 nitrogen and oxygen atoms in total. The van der Waals surface area contributed by atoms with Crippen molar-refractivity contribution in [3.05, 3.63) is 24.3 Å². The van der Waals surface area contributed by atoms with E-state index in [9.17, 15) is 8.42 Å². The molecule has 0 fully saturated rings. The van der Waals surface area contributed by atoms with Gasteiger partial charge in [-0.05, 0) is 24.3 Å². The van der Waals surface area contributed by atoms with E-state index in [1.165, 1.54) is 16.1 Å². The fraction of sp³-hybridized carbons (Fsp3) is 0.467. The molecule has 0 spiro atoms. The maximum absolute atomic E-state index is 12.4. The minimum atomic E-state index is -3.45. The Bertz CT molecular complexity index is 736. The molecule has 0 aliphatic rings. The molecule has 0 N–H and O–H groups in total. The number of sulfonamides is 1. The second-order valence-corrected chi connectivity index (χ2v) is 8.62. The zero-order chi connectivity index (χ0) is 17.0. The zero-order valence-electron chi connectivity index (χ0n) is 13.7. The van der Waals surface area contributed by atoms with E-state index >= 15 is 0 Å². The highest BCUT2D eigenvalue weighted by atomic mass is 32.2. The van der Waals surface area contributed by atoms with Crippen molar-refractivity contribution < 1.29 is 12.8 Å². The third-order valence-electron chi connectivity index (χ3n) is 3.19. The van der Waals surface area contributed by atoms with Crippen LogP contribution in [0.15, 0.2) is 38.8 Å². The van der Waals surface area contributed by atoms with E-state index < -0.39 is 10.0 Å². The van der Waals surface area contributed by atoms with Crippen LogP contribution in [0, 0.1) is 0 Å². The molecule has 126 valence electrons. The Balaban J connectivity index is 2.24. The van der Waals surface area contributed by atoms with Crippen molar-refractivity contribution in [3.63, 3.8) is 0 Å². The first-order chi connectivity index (χ1) is 10.9. The second-order valence-electron chi connectivity index (χ2n) is 5.15. The molecule has 0 amide bonds. The van der Waals surface area contributed by atoms with E-state index in [0.29, 0.717) is 35.0 Å². The molecule has 0 aliphatic heterocycles. The standard InChI is InChI=1S/C15H21N3O3S2/c1-5-18(6-2)23(19,20)13-9-7-12(8-10-13)14-16-17-15(21-14)22-11(3)4/h7-11H,5-6H2,1-4H3. The van der Waals surface area contributed by atoms with Gasteiger partial charge in [-0.3, -0.25) is 0 Å². The molecule has 0 saturated carbocycles. The van der Waals surface area contributed by atoms with E-state index in [-0.39, 0.29) is 4.90 Å². The average molecular weight is 355 g/mol. The molecule has 0 atom stereocenters. The monoisotopic (exact) mass is 355 g/mol. The molecule has 2 rings (SSSR count). The first kappa shape index (κ1) is 18.0. The summed E-state index contributed by atoms with van der Waals surface area (Å²) in [4.78, 5) is 0.265. The Morgan fingerprint density at radius 2 is 1.74 bits per heavy atom. The summed E-state index contributed by atoms with van der Waals surface area (Å²) in [5.41, 5.74) is 0.701. The lowest BCUT2D eigenvalue weighted by Crippen LogP contribution is -2.30. The summed E-state index contributed by atoms with van der Waals surface area (Å²) in [6.07, 6.45) is 0. The number of benzene rings is 1. The minimum absolute atomic E-state index is 0.265. The van der Waals surface area contributed by atoms with Gasteiger partial charge >= 0.3 is 0 Å². The number of nitrogens with zero attached hydrogens (tertiary/aromatic N) is 3. The molecule has 2 aromatic rings. The number of hydrogen-bond donors (Lipinski definition) is 0. The van der Waals surface area contributed by atoms with Gasteiger partial charge < -0.3 is 4.42 Å². The van der Waals surface area contributed by atoms with Crippen LogP contribution in [0.2, 0.25) is 0 Å².